The summed E-state index contributed by atoms with van der Waals surface area (Å²) < 4.78 is 2.18. The van der Waals surface area contributed by atoms with Crippen LogP contribution in [0.1, 0.15) is 38.2 Å². The van der Waals surface area contributed by atoms with Crippen molar-refractivity contribution >= 4 is 22.5 Å². The lowest BCUT2D eigenvalue weighted by molar-refractivity contribution is 0.138. The molecule has 4 heteroatoms. The fourth-order valence-corrected chi connectivity index (χ4v) is 4.26. The van der Waals surface area contributed by atoms with Gasteiger partial charge >= 0.3 is 0 Å². The molecule has 0 spiro atoms. The van der Waals surface area contributed by atoms with Crippen molar-refractivity contribution in [2.45, 2.75) is 38.6 Å². The third-order valence-electron chi connectivity index (χ3n) is 5.51. The Morgan fingerprint density at radius 2 is 1.96 bits per heavy atom. The molecule has 1 saturated heterocycles. The Kier molecular flexibility index (Phi) is 5.00. The zero-order chi connectivity index (χ0) is 16.6. The molecule has 2 N–H and O–H groups in total. The van der Waals surface area contributed by atoms with E-state index in [9.17, 15) is 0 Å². The molecule has 0 radical (unpaired) electrons. The number of aromatic nitrogens is 1. The Bertz CT molecular complexity index is 669. The first-order valence-electron chi connectivity index (χ1n) is 8.70. The predicted molar refractivity (Wildman–Crippen MR) is 99.2 cm³/mol. The van der Waals surface area contributed by atoms with E-state index < -0.39 is 0 Å². The first-order valence-corrected chi connectivity index (χ1v) is 9.07. The first-order chi connectivity index (χ1) is 11.0. The van der Waals surface area contributed by atoms with Gasteiger partial charge in [0, 0.05) is 41.1 Å². The molecule has 23 heavy (non-hydrogen) atoms. The number of rotatable bonds is 4. The van der Waals surface area contributed by atoms with Gasteiger partial charge in [0.2, 0.25) is 0 Å². The molecule has 0 aliphatic carbocycles. The minimum Gasteiger partial charge on any atom is -0.350 e. The van der Waals surface area contributed by atoms with Crippen LogP contribution in [0.15, 0.2) is 24.4 Å². The highest BCUT2D eigenvalue weighted by atomic mass is 35.5. The number of halogens is 1. The number of piperidine rings is 1. The number of likely N-dealkylation sites (tertiary alicyclic amines) is 1. The van der Waals surface area contributed by atoms with Gasteiger partial charge in [-0.3, -0.25) is 0 Å². The van der Waals surface area contributed by atoms with Crippen LogP contribution < -0.4 is 5.73 Å². The van der Waals surface area contributed by atoms with Crippen LogP contribution in [0.5, 0.6) is 0 Å². The van der Waals surface area contributed by atoms with Crippen LogP contribution in [0.3, 0.4) is 0 Å². The first kappa shape index (κ1) is 16.8. The number of aryl methyl sites for hydroxylation is 1. The monoisotopic (exact) mass is 333 g/mol. The van der Waals surface area contributed by atoms with Gasteiger partial charge in [0.05, 0.1) is 0 Å². The third kappa shape index (κ3) is 3.28. The summed E-state index contributed by atoms with van der Waals surface area (Å²) in [6, 6.07) is 6.84. The molecular formula is C19H28ClN3. The summed E-state index contributed by atoms with van der Waals surface area (Å²) in [5.41, 5.74) is 8.80. The Labute approximate surface area is 144 Å². The van der Waals surface area contributed by atoms with E-state index in [1.165, 1.54) is 42.4 Å². The van der Waals surface area contributed by atoms with Gasteiger partial charge in [0.25, 0.3) is 0 Å². The maximum Gasteiger partial charge on any atom is 0.0495 e. The Balaban J connectivity index is 1.87. The van der Waals surface area contributed by atoms with Gasteiger partial charge < -0.3 is 15.2 Å². The summed E-state index contributed by atoms with van der Waals surface area (Å²) in [6.45, 7) is 7.67. The van der Waals surface area contributed by atoms with E-state index in [0.29, 0.717) is 24.4 Å². The predicted octanol–water partition coefficient (Wildman–Crippen LogP) is 3.99. The minimum absolute atomic E-state index is 0.439. The molecule has 3 rings (SSSR count). The van der Waals surface area contributed by atoms with Crippen molar-refractivity contribution < 1.29 is 0 Å². The normalized spacial score (nSPS) is 18.9. The van der Waals surface area contributed by atoms with Gasteiger partial charge in [0.15, 0.2) is 0 Å². The highest BCUT2D eigenvalue weighted by Gasteiger charge is 2.29. The summed E-state index contributed by atoms with van der Waals surface area (Å²) in [6.07, 6.45) is 4.74. The molecule has 0 saturated carbocycles. The van der Waals surface area contributed by atoms with Crippen molar-refractivity contribution in [3.63, 3.8) is 0 Å². The molecule has 1 fully saturated rings. The van der Waals surface area contributed by atoms with Crippen LogP contribution in [-0.4, -0.2) is 35.1 Å². The van der Waals surface area contributed by atoms with Gasteiger partial charge in [-0.05, 0) is 69.9 Å². The Morgan fingerprint density at radius 3 is 2.57 bits per heavy atom. The lowest BCUT2D eigenvalue weighted by Gasteiger charge is -2.37. The second kappa shape index (κ2) is 6.84. The van der Waals surface area contributed by atoms with Crippen molar-refractivity contribution in [2.24, 2.45) is 18.7 Å². The Morgan fingerprint density at radius 1 is 1.26 bits per heavy atom. The topological polar surface area (TPSA) is 34.2 Å². The summed E-state index contributed by atoms with van der Waals surface area (Å²) in [7, 11) is 2.09. The Hall–Kier alpha value is -1.03. The zero-order valence-corrected chi connectivity index (χ0v) is 15.2. The average molecular weight is 334 g/mol. The van der Waals surface area contributed by atoms with Gasteiger partial charge in [-0.15, -0.1) is 0 Å². The molecule has 1 aromatic carbocycles. The number of benzene rings is 1. The highest BCUT2D eigenvalue weighted by Crippen LogP contribution is 2.37. The summed E-state index contributed by atoms with van der Waals surface area (Å²) >= 11 is 6.16. The second-order valence-electron chi connectivity index (χ2n) is 7.17. The van der Waals surface area contributed by atoms with Crippen LogP contribution in [0, 0.1) is 5.92 Å². The fraction of sp³-hybridized carbons (Fsp3) is 0.579. The van der Waals surface area contributed by atoms with Crippen LogP contribution in [0.4, 0.5) is 0 Å². The standard InChI is InChI=1S/C19H28ClN3/c1-13(2)23-8-6-14(7-9-23)17(11-21)18-12-22(3)19-10-15(20)4-5-16(18)19/h4-5,10,12-14,17H,6-9,11,21H2,1-3H3. The molecule has 1 aromatic heterocycles. The van der Waals surface area contributed by atoms with E-state index in [1.54, 1.807) is 0 Å². The minimum atomic E-state index is 0.439. The lowest BCUT2D eigenvalue weighted by atomic mass is 9.80. The summed E-state index contributed by atoms with van der Waals surface area (Å²) in [4.78, 5) is 2.58. The molecule has 3 nitrogen and oxygen atoms in total. The van der Waals surface area contributed by atoms with Crippen LogP contribution >= 0.6 is 11.6 Å². The van der Waals surface area contributed by atoms with E-state index >= 15 is 0 Å². The van der Waals surface area contributed by atoms with Gasteiger partial charge in [-0.1, -0.05) is 17.7 Å². The van der Waals surface area contributed by atoms with Crippen LogP contribution in [0.25, 0.3) is 10.9 Å². The average Bonchev–Trinajstić information content (AvgIpc) is 2.85. The van der Waals surface area contributed by atoms with Crippen LogP contribution in [-0.2, 0) is 7.05 Å². The largest absolute Gasteiger partial charge is 0.350 e. The zero-order valence-electron chi connectivity index (χ0n) is 14.4. The second-order valence-corrected chi connectivity index (χ2v) is 7.60. The molecule has 2 aromatic rings. The number of nitrogens with two attached hydrogens (primary N) is 1. The molecule has 1 unspecified atom stereocenters. The molecule has 0 bridgehead atoms. The molecule has 1 aliphatic heterocycles. The van der Waals surface area contributed by atoms with E-state index in [4.69, 9.17) is 17.3 Å². The van der Waals surface area contributed by atoms with E-state index in [2.05, 4.69) is 48.7 Å². The fourth-order valence-electron chi connectivity index (χ4n) is 4.10. The molecular weight excluding hydrogens is 306 g/mol. The third-order valence-corrected chi connectivity index (χ3v) is 5.75. The van der Waals surface area contributed by atoms with Crippen LogP contribution in [0.2, 0.25) is 5.02 Å². The summed E-state index contributed by atoms with van der Waals surface area (Å²) in [5, 5.41) is 2.10. The lowest BCUT2D eigenvalue weighted by Crippen LogP contribution is -2.40. The van der Waals surface area contributed by atoms with E-state index in [1.807, 2.05) is 6.07 Å². The summed E-state index contributed by atoms with van der Waals surface area (Å²) in [5.74, 6) is 1.12. The quantitative estimate of drug-likeness (QED) is 0.917. The molecule has 2 heterocycles. The SMILES string of the molecule is CC(C)N1CCC(C(CN)c2cn(C)c3cc(Cl)ccc23)CC1. The number of fused-ring (bicyclic) bond motifs is 1. The molecule has 1 atom stereocenters. The number of hydrogen-bond acceptors (Lipinski definition) is 2. The number of hydrogen-bond donors (Lipinski definition) is 1. The van der Waals surface area contributed by atoms with Gasteiger partial charge in [-0.2, -0.15) is 0 Å². The number of nitrogens with zero attached hydrogens (tertiary/aromatic N) is 2. The van der Waals surface area contributed by atoms with Gasteiger partial charge in [0.1, 0.15) is 0 Å². The van der Waals surface area contributed by atoms with Crippen molar-refractivity contribution in [3.8, 4) is 0 Å². The van der Waals surface area contributed by atoms with Crippen molar-refractivity contribution in [1.29, 1.82) is 0 Å². The molecule has 1 aliphatic rings. The van der Waals surface area contributed by atoms with Crippen molar-refractivity contribution in [3.05, 3.63) is 35.0 Å². The van der Waals surface area contributed by atoms with Crippen molar-refractivity contribution in [1.82, 2.24) is 9.47 Å². The van der Waals surface area contributed by atoms with Gasteiger partial charge in [-0.25, -0.2) is 0 Å². The smallest absolute Gasteiger partial charge is 0.0495 e. The highest BCUT2D eigenvalue weighted by molar-refractivity contribution is 6.31. The van der Waals surface area contributed by atoms with E-state index in [0.717, 1.165) is 5.02 Å². The molecule has 126 valence electrons. The molecule has 0 amide bonds. The van der Waals surface area contributed by atoms with E-state index in [-0.39, 0.29) is 0 Å². The maximum absolute atomic E-state index is 6.21. The maximum atomic E-state index is 6.21. The van der Waals surface area contributed by atoms with Crippen molar-refractivity contribution in [2.75, 3.05) is 19.6 Å².